The molecule has 0 aromatic heterocycles. The van der Waals surface area contributed by atoms with Crippen LogP contribution in [0.4, 0.5) is 0 Å². The molecule has 0 heterocycles. The van der Waals surface area contributed by atoms with Gasteiger partial charge in [-0.05, 0) is 37.5 Å². The van der Waals surface area contributed by atoms with Gasteiger partial charge in [-0.25, -0.2) is 0 Å². The number of carbonyl (C=O) groups excluding carboxylic acids is 1. The third-order valence-corrected chi connectivity index (χ3v) is 4.16. The summed E-state index contributed by atoms with van der Waals surface area (Å²) in [6, 6.07) is 0. The molecule has 3 N–H and O–H groups in total. The standard InChI is InChI=1S/C22H35NO3/c23-21(24)19-17-15-13-11-9-7-5-3-1-2-4-6-8-10-12-14-16-18-20-22(25)26/h5-20H2,(H2,23,24)(H,25,26). The van der Waals surface area contributed by atoms with Crippen molar-refractivity contribution < 1.29 is 14.7 Å². The van der Waals surface area contributed by atoms with Crippen molar-refractivity contribution in [2.24, 2.45) is 5.73 Å². The monoisotopic (exact) mass is 361 g/mol. The van der Waals surface area contributed by atoms with Crippen molar-refractivity contribution in [1.82, 2.24) is 0 Å². The van der Waals surface area contributed by atoms with Gasteiger partial charge in [0.2, 0.25) is 5.91 Å². The highest BCUT2D eigenvalue weighted by atomic mass is 16.4. The van der Waals surface area contributed by atoms with Crippen LogP contribution in [0.2, 0.25) is 0 Å². The summed E-state index contributed by atoms with van der Waals surface area (Å²) in [5, 5.41) is 8.53. The van der Waals surface area contributed by atoms with Crippen LogP contribution in [0.15, 0.2) is 0 Å². The van der Waals surface area contributed by atoms with Gasteiger partial charge >= 0.3 is 5.97 Å². The average molecular weight is 362 g/mol. The molecular formula is C22H35NO3. The Hall–Kier alpha value is -1.94. The maximum absolute atomic E-state index is 10.6. The quantitative estimate of drug-likeness (QED) is 0.306. The summed E-state index contributed by atoms with van der Waals surface area (Å²) in [7, 11) is 0. The van der Waals surface area contributed by atoms with Gasteiger partial charge in [0.1, 0.15) is 0 Å². The van der Waals surface area contributed by atoms with Crippen LogP contribution in [-0.2, 0) is 9.59 Å². The first-order valence-corrected chi connectivity index (χ1v) is 10.1. The van der Waals surface area contributed by atoms with Crippen molar-refractivity contribution in [3.05, 3.63) is 0 Å². The van der Waals surface area contributed by atoms with Crippen LogP contribution < -0.4 is 5.73 Å². The fourth-order valence-electron chi connectivity index (χ4n) is 2.63. The van der Waals surface area contributed by atoms with Crippen LogP contribution in [0.3, 0.4) is 0 Å². The molecule has 0 aliphatic heterocycles. The molecule has 0 radical (unpaired) electrons. The predicted molar refractivity (Wildman–Crippen MR) is 106 cm³/mol. The van der Waals surface area contributed by atoms with E-state index >= 15 is 0 Å². The number of amides is 1. The molecule has 146 valence electrons. The van der Waals surface area contributed by atoms with E-state index in [1.54, 1.807) is 0 Å². The SMILES string of the molecule is NC(=O)CCCCCCCCC#CC#CCCCCCCCCC(=O)O. The zero-order chi connectivity index (χ0) is 19.3. The summed E-state index contributed by atoms with van der Waals surface area (Å²) in [5.41, 5.74) is 5.10. The van der Waals surface area contributed by atoms with Crippen LogP contribution in [-0.4, -0.2) is 17.0 Å². The van der Waals surface area contributed by atoms with Gasteiger partial charge in [0.15, 0.2) is 0 Å². The number of hydrogen-bond acceptors (Lipinski definition) is 2. The molecule has 0 spiro atoms. The van der Waals surface area contributed by atoms with Gasteiger partial charge in [-0.15, -0.1) is 0 Å². The van der Waals surface area contributed by atoms with Gasteiger partial charge in [-0.1, -0.05) is 63.2 Å². The largest absolute Gasteiger partial charge is 0.481 e. The molecule has 0 bridgehead atoms. The summed E-state index contributed by atoms with van der Waals surface area (Å²) >= 11 is 0. The van der Waals surface area contributed by atoms with E-state index in [0.717, 1.165) is 70.6 Å². The van der Waals surface area contributed by atoms with E-state index in [2.05, 4.69) is 23.7 Å². The van der Waals surface area contributed by atoms with Gasteiger partial charge in [0.25, 0.3) is 0 Å². The summed E-state index contributed by atoms with van der Waals surface area (Å²) < 4.78 is 0. The Morgan fingerprint density at radius 1 is 0.615 bits per heavy atom. The molecule has 4 nitrogen and oxygen atoms in total. The average Bonchev–Trinajstić information content (AvgIpc) is 2.59. The summed E-state index contributed by atoms with van der Waals surface area (Å²) in [5.74, 6) is 11.1. The number of carbonyl (C=O) groups is 2. The molecule has 1 amide bonds. The van der Waals surface area contributed by atoms with Crippen molar-refractivity contribution in [3.8, 4) is 23.7 Å². The maximum atomic E-state index is 10.6. The molecule has 0 aliphatic carbocycles. The van der Waals surface area contributed by atoms with Crippen LogP contribution in [0.1, 0.15) is 103 Å². The Morgan fingerprint density at radius 3 is 1.42 bits per heavy atom. The first-order chi connectivity index (χ1) is 12.6. The van der Waals surface area contributed by atoms with Gasteiger partial charge in [0, 0.05) is 25.7 Å². The molecule has 0 saturated heterocycles. The molecule has 0 aromatic carbocycles. The lowest BCUT2D eigenvalue weighted by Gasteiger charge is -1.98. The lowest BCUT2D eigenvalue weighted by Crippen LogP contribution is -2.09. The van der Waals surface area contributed by atoms with Gasteiger partial charge in [-0.3, -0.25) is 9.59 Å². The van der Waals surface area contributed by atoms with Crippen molar-refractivity contribution in [2.45, 2.75) is 103 Å². The molecule has 0 rings (SSSR count). The predicted octanol–water partition coefficient (Wildman–Crippen LogP) is 4.80. The molecule has 0 unspecified atom stereocenters. The molecule has 0 fully saturated rings. The van der Waals surface area contributed by atoms with Gasteiger partial charge < -0.3 is 10.8 Å². The van der Waals surface area contributed by atoms with Gasteiger partial charge in [-0.2, -0.15) is 0 Å². The first-order valence-electron chi connectivity index (χ1n) is 10.1. The topological polar surface area (TPSA) is 80.4 Å². The minimum absolute atomic E-state index is 0.200. The highest BCUT2D eigenvalue weighted by molar-refractivity contribution is 5.73. The zero-order valence-electron chi connectivity index (χ0n) is 16.2. The fourth-order valence-corrected chi connectivity index (χ4v) is 2.63. The summed E-state index contributed by atoms with van der Waals surface area (Å²) in [6.07, 6.45) is 15.6. The molecule has 4 heteroatoms. The number of rotatable bonds is 16. The number of nitrogens with two attached hydrogens (primary N) is 1. The van der Waals surface area contributed by atoms with Crippen LogP contribution in [0.25, 0.3) is 0 Å². The summed E-state index contributed by atoms with van der Waals surface area (Å²) in [6.45, 7) is 0. The molecule has 0 saturated carbocycles. The third-order valence-electron chi connectivity index (χ3n) is 4.16. The first kappa shape index (κ1) is 24.1. The fraction of sp³-hybridized carbons (Fsp3) is 0.727. The maximum Gasteiger partial charge on any atom is 0.303 e. The highest BCUT2D eigenvalue weighted by Gasteiger charge is 1.96. The van der Waals surface area contributed by atoms with Crippen LogP contribution in [0.5, 0.6) is 0 Å². The van der Waals surface area contributed by atoms with E-state index in [0.29, 0.717) is 12.8 Å². The van der Waals surface area contributed by atoms with E-state index in [9.17, 15) is 9.59 Å². The lowest BCUT2D eigenvalue weighted by molar-refractivity contribution is -0.137. The van der Waals surface area contributed by atoms with Gasteiger partial charge in [0.05, 0.1) is 0 Å². The van der Waals surface area contributed by atoms with E-state index < -0.39 is 5.97 Å². The number of carboxylic acids is 1. The molecule has 26 heavy (non-hydrogen) atoms. The van der Waals surface area contributed by atoms with E-state index in [-0.39, 0.29) is 5.91 Å². The second kappa shape index (κ2) is 19.4. The van der Waals surface area contributed by atoms with E-state index in [4.69, 9.17) is 10.8 Å². The minimum Gasteiger partial charge on any atom is -0.481 e. The number of unbranched alkanes of at least 4 members (excludes halogenated alkanes) is 12. The Kier molecular flexibility index (Phi) is 17.9. The van der Waals surface area contributed by atoms with Crippen molar-refractivity contribution in [2.75, 3.05) is 0 Å². The van der Waals surface area contributed by atoms with Crippen LogP contribution in [0, 0.1) is 23.7 Å². The number of carboxylic acid groups (broad SMARTS) is 1. The minimum atomic E-state index is -0.696. The van der Waals surface area contributed by atoms with Crippen LogP contribution >= 0.6 is 0 Å². The van der Waals surface area contributed by atoms with Crippen molar-refractivity contribution in [1.29, 1.82) is 0 Å². The molecule has 0 aliphatic rings. The molecule has 0 atom stereocenters. The summed E-state index contributed by atoms with van der Waals surface area (Å²) in [4.78, 5) is 20.9. The van der Waals surface area contributed by atoms with Crippen molar-refractivity contribution in [3.63, 3.8) is 0 Å². The number of aliphatic carboxylic acids is 1. The molecule has 0 aromatic rings. The number of hydrogen-bond donors (Lipinski definition) is 2. The smallest absolute Gasteiger partial charge is 0.303 e. The molecular weight excluding hydrogens is 326 g/mol. The zero-order valence-corrected chi connectivity index (χ0v) is 16.2. The second-order valence-electron chi connectivity index (χ2n) is 6.71. The lowest BCUT2D eigenvalue weighted by atomic mass is 10.1. The Labute approximate surface area is 159 Å². The van der Waals surface area contributed by atoms with E-state index in [1.165, 1.54) is 19.3 Å². The third kappa shape index (κ3) is 22.1. The van der Waals surface area contributed by atoms with Crippen molar-refractivity contribution >= 4 is 11.9 Å². The van der Waals surface area contributed by atoms with E-state index in [1.807, 2.05) is 0 Å². The number of primary amides is 1. The Balaban J connectivity index is 3.29. The highest BCUT2D eigenvalue weighted by Crippen LogP contribution is 2.09. The Morgan fingerprint density at radius 2 is 1.00 bits per heavy atom. The second-order valence-corrected chi connectivity index (χ2v) is 6.71. The normalized spacial score (nSPS) is 9.69. The Bertz CT molecular complexity index is 445.